The molecule has 0 aliphatic rings. The third-order valence-corrected chi connectivity index (χ3v) is 2.63. The minimum Gasteiger partial charge on any atom is -0.434 e. The number of anilines is 1. The lowest BCUT2D eigenvalue weighted by Gasteiger charge is -2.06. The zero-order valence-corrected chi connectivity index (χ0v) is 10.4. The van der Waals surface area contributed by atoms with Crippen LogP contribution in [0.25, 0.3) is 0 Å². The predicted molar refractivity (Wildman–Crippen MR) is 66.1 cm³/mol. The Morgan fingerprint density at radius 1 is 1.44 bits per heavy atom. The number of hydrogen-bond acceptors (Lipinski definition) is 5. The minimum atomic E-state index is 0.242. The Hall–Kier alpha value is -2.55. The first-order valence-corrected chi connectivity index (χ1v) is 5.36. The van der Waals surface area contributed by atoms with E-state index >= 15 is 0 Å². The van der Waals surface area contributed by atoms with Gasteiger partial charge in [0.2, 0.25) is 5.88 Å². The van der Waals surface area contributed by atoms with E-state index in [1.165, 1.54) is 12.3 Å². The van der Waals surface area contributed by atoms with Crippen molar-refractivity contribution in [2.75, 3.05) is 5.73 Å². The fraction of sp³-hybridized carbons (Fsp3) is 0.250. The molecule has 2 aromatic rings. The van der Waals surface area contributed by atoms with Crippen LogP contribution in [-0.2, 0) is 7.05 Å². The van der Waals surface area contributed by atoms with Crippen molar-refractivity contribution in [2.24, 2.45) is 7.05 Å². The average Bonchev–Trinajstić information content (AvgIpc) is 2.58. The molecule has 6 nitrogen and oxygen atoms in total. The highest BCUT2D eigenvalue weighted by Crippen LogP contribution is 2.29. The van der Waals surface area contributed by atoms with Crippen LogP contribution in [0.15, 0.2) is 12.3 Å². The molecule has 0 bridgehead atoms. The standard InChI is InChI=1S/C12H13N5O/c1-7-11(8(2)17(3)16-7)18-12-9(5-13)4-10(14)6-15-12/h4,6H,14H2,1-3H3. The van der Waals surface area contributed by atoms with Crippen molar-refractivity contribution >= 4 is 5.69 Å². The van der Waals surface area contributed by atoms with Gasteiger partial charge in [-0.05, 0) is 19.9 Å². The molecule has 0 aromatic carbocycles. The highest BCUT2D eigenvalue weighted by atomic mass is 16.5. The second kappa shape index (κ2) is 4.37. The fourth-order valence-electron chi connectivity index (χ4n) is 1.63. The Labute approximate surface area is 105 Å². The molecule has 0 aliphatic heterocycles. The summed E-state index contributed by atoms with van der Waals surface area (Å²) >= 11 is 0. The summed E-state index contributed by atoms with van der Waals surface area (Å²) in [5.41, 5.74) is 7.93. The lowest BCUT2D eigenvalue weighted by molar-refractivity contribution is 0.453. The topological polar surface area (TPSA) is 89.8 Å². The number of ether oxygens (including phenoxy) is 1. The van der Waals surface area contributed by atoms with Crippen LogP contribution >= 0.6 is 0 Å². The second-order valence-electron chi connectivity index (χ2n) is 3.96. The van der Waals surface area contributed by atoms with Gasteiger partial charge in [-0.2, -0.15) is 10.4 Å². The van der Waals surface area contributed by atoms with E-state index in [-0.39, 0.29) is 5.88 Å². The zero-order valence-electron chi connectivity index (χ0n) is 10.4. The van der Waals surface area contributed by atoms with Crippen molar-refractivity contribution in [3.05, 3.63) is 29.2 Å². The molecule has 18 heavy (non-hydrogen) atoms. The van der Waals surface area contributed by atoms with E-state index in [2.05, 4.69) is 10.1 Å². The molecule has 0 amide bonds. The molecule has 2 rings (SSSR count). The van der Waals surface area contributed by atoms with Gasteiger partial charge < -0.3 is 10.5 Å². The van der Waals surface area contributed by atoms with E-state index in [9.17, 15) is 0 Å². The molecule has 0 saturated heterocycles. The van der Waals surface area contributed by atoms with E-state index < -0.39 is 0 Å². The first-order valence-electron chi connectivity index (χ1n) is 5.36. The largest absolute Gasteiger partial charge is 0.434 e. The van der Waals surface area contributed by atoms with Gasteiger partial charge in [-0.15, -0.1) is 0 Å². The number of pyridine rings is 1. The Balaban J connectivity index is 2.44. The summed E-state index contributed by atoms with van der Waals surface area (Å²) in [6.45, 7) is 3.73. The number of nitrogens with zero attached hydrogens (tertiary/aromatic N) is 4. The summed E-state index contributed by atoms with van der Waals surface area (Å²) in [5.74, 6) is 0.858. The van der Waals surface area contributed by atoms with Gasteiger partial charge in [0.25, 0.3) is 0 Å². The van der Waals surface area contributed by atoms with Crippen molar-refractivity contribution in [2.45, 2.75) is 13.8 Å². The number of aromatic nitrogens is 3. The van der Waals surface area contributed by atoms with Gasteiger partial charge in [0.05, 0.1) is 17.6 Å². The number of rotatable bonds is 2. The SMILES string of the molecule is Cc1nn(C)c(C)c1Oc1ncc(N)cc1C#N. The maximum absolute atomic E-state index is 9.02. The molecule has 0 atom stereocenters. The summed E-state index contributed by atoms with van der Waals surface area (Å²) in [7, 11) is 1.83. The van der Waals surface area contributed by atoms with Crippen LogP contribution in [0.4, 0.5) is 5.69 Å². The molecule has 0 aliphatic carbocycles. The van der Waals surface area contributed by atoms with Gasteiger partial charge in [-0.1, -0.05) is 0 Å². The van der Waals surface area contributed by atoms with Crippen LogP contribution in [0.1, 0.15) is 17.0 Å². The van der Waals surface area contributed by atoms with Crippen molar-refractivity contribution in [1.82, 2.24) is 14.8 Å². The van der Waals surface area contributed by atoms with E-state index in [0.29, 0.717) is 17.0 Å². The Bertz CT molecular complexity index is 639. The molecule has 0 fully saturated rings. The molecular formula is C12H13N5O. The molecular weight excluding hydrogens is 230 g/mol. The maximum Gasteiger partial charge on any atom is 0.237 e. The van der Waals surface area contributed by atoms with Crippen LogP contribution in [0, 0.1) is 25.2 Å². The van der Waals surface area contributed by atoms with E-state index in [4.69, 9.17) is 15.7 Å². The summed E-state index contributed by atoms with van der Waals surface area (Å²) in [4.78, 5) is 4.03. The number of nitriles is 1. The van der Waals surface area contributed by atoms with Gasteiger partial charge in [0.15, 0.2) is 5.75 Å². The van der Waals surface area contributed by atoms with Gasteiger partial charge in [0, 0.05) is 7.05 Å². The van der Waals surface area contributed by atoms with Gasteiger partial charge >= 0.3 is 0 Å². The first kappa shape index (κ1) is 11.9. The molecule has 6 heteroatoms. The minimum absolute atomic E-state index is 0.242. The quantitative estimate of drug-likeness (QED) is 0.866. The summed E-state index contributed by atoms with van der Waals surface area (Å²) in [6.07, 6.45) is 1.46. The van der Waals surface area contributed by atoms with Crippen molar-refractivity contribution in [1.29, 1.82) is 5.26 Å². The van der Waals surface area contributed by atoms with Crippen molar-refractivity contribution in [3.63, 3.8) is 0 Å². The van der Waals surface area contributed by atoms with E-state index in [0.717, 1.165) is 11.4 Å². The van der Waals surface area contributed by atoms with E-state index in [1.807, 2.05) is 27.0 Å². The highest BCUT2D eigenvalue weighted by Gasteiger charge is 2.14. The van der Waals surface area contributed by atoms with Crippen LogP contribution in [0.5, 0.6) is 11.6 Å². The normalized spacial score (nSPS) is 10.1. The summed E-state index contributed by atoms with van der Waals surface area (Å²) in [6, 6.07) is 3.54. The summed E-state index contributed by atoms with van der Waals surface area (Å²) in [5, 5.41) is 13.3. The van der Waals surface area contributed by atoms with Gasteiger partial charge in [-0.3, -0.25) is 4.68 Å². The van der Waals surface area contributed by atoms with Crippen LogP contribution < -0.4 is 10.5 Å². The number of nitrogen functional groups attached to an aromatic ring is 1. The summed E-state index contributed by atoms with van der Waals surface area (Å²) < 4.78 is 7.38. The lowest BCUT2D eigenvalue weighted by atomic mass is 10.2. The molecule has 0 unspecified atom stereocenters. The lowest BCUT2D eigenvalue weighted by Crippen LogP contribution is -1.97. The fourth-order valence-corrected chi connectivity index (χ4v) is 1.63. The molecule has 0 saturated carbocycles. The smallest absolute Gasteiger partial charge is 0.237 e. The van der Waals surface area contributed by atoms with Crippen LogP contribution in [0.3, 0.4) is 0 Å². The molecule has 92 valence electrons. The van der Waals surface area contributed by atoms with Crippen LogP contribution in [-0.4, -0.2) is 14.8 Å². The van der Waals surface area contributed by atoms with Gasteiger partial charge in [-0.25, -0.2) is 4.98 Å². The monoisotopic (exact) mass is 243 g/mol. The molecule has 2 heterocycles. The number of hydrogen-bond donors (Lipinski definition) is 1. The average molecular weight is 243 g/mol. The van der Waals surface area contributed by atoms with Crippen LogP contribution in [0.2, 0.25) is 0 Å². The maximum atomic E-state index is 9.02. The second-order valence-corrected chi connectivity index (χ2v) is 3.96. The molecule has 2 N–H and O–H groups in total. The van der Waals surface area contributed by atoms with Crippen molar-refractivity contribution < 1.29 is 4.74 Å². The Kier molecular flexibility index (Phi) is 2.90. The van der Waals surface area contributed by atoms with Gasteiger partial charge in [0.1, 0.15) is 17.3 Å². The highest BCUT2D eigenvalue weighted by molar-refractivity contribution is 5.50. The third-order valence-electron chi connectivity index (χ3n) is 2.63. The number of aryl methyl sites for hydroxylation is 2. The zero-order chi connectivity index (χ0) is 13.3. The van der Waals surface area contributed by atoms with Crippen molar-refractivity contribution in [3.8, 4) is 17.7 Å². The molecule has 2 aromatic heterocycles. The Morgan fingerprint density at radius 3 is 2.72 bits per heavy atom. The number of nitrogens with two attached hydrogens (primary N) is 1. The first-order chi connectivity index (χ1) is 8.52. The molecule has 0 radical (unpaired) electrons. The molecule has 0 spiro atoms. The third kappa shape index (κ3) is 1.98. The van der Waals surface area contributed by atoms with E-state index in [1.54, 1.807) is 4.68 Å². The predicted octanol–water partition coefficient (Wildman–Crippen LogP) is 1.68. The Morgan fingerprint density at radius 2 is 2.17 bits per heavy atom.